The van der Waals surface area contributed by atoms with Gasteiger partial charge in [-0.3, -0.25) is 0 Å². The number of aryl methyl sites for hydroxylation is 1. The monoisotopic (exact) mass is 283 g/mol. The lowest BCUT2D eigenvalue weighted by Crippen LogP contribution is -2.00. The summed E-state index contributed by atoms with van der Waals surface area (Å²) in [5.74, 6) is 0.229. The van der Waals surface area contributed by atoms with Gasteiger partial charge in [0.25, 0.3) is 0 Å². The molecule has 6 heteroatoms. The first-order valence-electron chi connectivity index (χ1n) is 6.34. The number of aromatic nitrogens is 3. The van der Waals surface area contributed by atoms with Gasteiger partial charge in [-0.15, -0.1) is 0 Å². The molecule has 0 aliphatic heterocycles. The largest absolute Gasteiger partial charge is 0.496 e. The number of fused-ring (bicyclic) bond motifs is 1. The van der Waals surface area contributed by atoms with E-state index in [1.165, 1.54) is 6.07 Å². The number of carboxylic acids is 1. The number of ether oxygens (including phenoxy) is 1. The van der Waals surface area contributed by atoms with Crippen LogP contribution in [0, 0.1) is 6.92 Å². The molecule has 3 rings (SSSR count). The molecule has 2 heterocycles. The molecule has 106 valence electrons. The number of carbonyl (C=O) groups is 1. The highest BCUT2D eigenvalue weighted by Gasteiger charge is 2.17. The standard InChI is InChI=1S/C15H13N3O3/c1-8-16-13-10(15(19)20)7-11(18-14(13)17-8)9-5-3-4-6-12(9)21-2/h3-7H,1-2H3,(H,19,20)(H,16,17,18). The van der Waals surface area contributed by atoms with Gasteiger partial charge in [-0.05, 0) is 25.1 Å². The Morgan fingerprint density at radius 2 is 2.05 bits per heavy atom. The number of H-pyrrole nitrogens is 1. The van der Waals surface area contributed by atoms with Crippen molar-refractivity contribution in [2.75, 3.05) is 7.11 Å². The lowest BCUT2D eigenvalue weighted by molar-refractivity contribution is 0.0699. The van der Waals surface area contributed by atoms with Crippen LogP contribution in [0.4, 0.5) is 0 Å². The van der Waals surface area contributed by atoms with E-state index >= 15 is 0 Å². The molecule has 0 radical (unpaired) electrons. The normalized spacial score (nSPS) is 10.8. The molecular weight excluding hydrogens is 270 g/mol. The van der Waals surface area contributed by atoms with E-state index in [1.54, 1.807) is 20.1 Å². The zero-order valence-corrected chi connectivity index (χ0v) is 11.5. The molecule has 0 amide bonds. The summed E-state index contributed by atoms with van der Waals surface area (Å²) in [7, 11) is 1.56. The summed E-state index contributed by atoms with van der Waals surface area (Å²) in [5, 5.41) is 9.38. The van der Waals surface area contributed by atoms with E-state index in [9.17, 15) is 9.90 Å². The van der Waals surface area contributed by atoms with Crippen molar-refractivity contribution < 1.29 is 14.6 Å². The number of para-hydroxylation sites is 1. The van der Waals surface area contributed by atoms with Crippen molar-refractivity contribution in [2.45, 2.75) is 6.92 Å². The van der Waals surface area contributed by atoms with Crippen LogP contribution >= 0.6 is 0 Å². The number of imidazole rings is 1. The number of hydrogen-bond acceptors (Lipinski definition) is 4. The molecule has 0 unspecified atom stereocenters. The minimum absolute atomic E-state index is 0.140. The fourth-order valence-corrected chi connectivity index (χ4v) is 2.27. The second kappa shape index (κ2) is 4.90. The SMILES string of the molecule is COc1ccccc1-c1cc(C(=O)O)c2[nH]c(C)nc2n1. The van der Waals surface area contributed by atoms with Crippen LogP contribution in [-0.4, -0.2) is 33.1 Å². The Kier molecular flexibility index (Phi) is 3.06. The molecule has 0 bridgehead atoms. The van der Waals surface area contributed by atoms with E-state index in [4.69, 9.17) is 4.74 Å². The number of aromatic carboxylic acids is 1. The first-order chi connectivity index (χ1) is 10.1. The molecule has 2 N–H and O–H groups in total. The van der Waals surface area contributed by atoms with Crippen molar-refractivity contribution in [3.8, 4) is 17.0 Å². The molecule has 0 saturated carbocycles. The Balaban J connectivity index is 2.31. The Hall–Kier alpha value is -2.89. The van der Waals surface area contributed by atoms with Crippen molar-refractivity contribution in [3.63, 3.8) is 0 Å². The first-order valence-corrected chi connectivity index (χ1v) is 6.34. The third-order valence-corrected chi connectivity index (χ3v) is 3.19. The predicted molar refractivity (Wildman–Crippen MR) is 77.6 cm³/mol. The summed E-state index contributed by atoms with van der Waals surface area (Å²) in [6.07, 6.45) is 0. The molecule has 0 spiro atoms. The highest BCUT2D eigenvalue weighted by Crippen LogP contribution is 2.30. The zero-order chi connectivity index (χ0) is 15.0. The van der Waals surface area contributed by atoms with Gasteiger partial charge in [0.1, 0.15) is 11.6 Å². The maximum Gasteiger partial charge on any atom is 0.338 e. The number of carboxylic acid groups (broad SMARTS) is 1. The second-order valence-corrected chi connectivity index (χ2v) is 4.58. The third-order valence-electron chi connectivity index (χ3n) is 3.19. The number of benzene rings is 1. The van der Waals surface area contributed by atoms with Crippen LogP contribution in [-0.2, 0) is 0 Å². The van der Waals surface area contributed by atoms with Crippen LogP contribution < -0.4 is 4.74 Å². The number of hydrogen-bond donors (Lipinski definition) is 2. The molecule has 0 fully saturated rings. The average molecular weight is 283 g/mol. The fourth-order valence-electron chi connectivity index (χ4n) is 2.27. The van der Waals surface area contributed by atoms with Crippen LogP contribution in [0.2, 0.25) is 0 Å². The molecule has 21 heavy (non-hydrogen) atoms. The molecule has 6 nitrogen and oxygen atoms in total. The Morgan fingerprint density at radius 1 is 1.29 bits per heavy atom. The van der Waals surface area contributed by atoms with Gasteiger partial charge < -0.3 is 14.8 Å². The van der Waals surface area contributed by atoms with Crippen LogP contribution in [0.3, 0.4) is 0 Å². The maximum atomic E-state index is 11.5. The lowest BCUT2D eigenvalue weighted by Gasteiger charge is -2.08. The van der Waals surface area contributed by atoms with Gasteiger partial charge >= 0.3 is 5.97 Å². The van der Waals surface area contributed by atoms with Gasteiger partial charge in [-0.25, -0.2) is 14.8 Å². The van der Waals surface area contributed by atoms with Crippen LogP contribution in [0.5, 0.6) is 5.75 Å². The van der Waals surface area contributed by atoms with Crippen molar-refractivity contribution in [1.29, 1.82) is 0 Å². The van der Waals surface area contributed by atoms with Gasteiger partial charge in [-0.1, -0.05) is 12.1 Å². The van der Waals surface area contributed by atoms with E-state index in [-0.39, 0.29) is 5.56 Å². The summed E-state index contributed by atoms with van der Waals surface area (Å²) in [6.45, 7) is 1.76. The van der Waals surface area contributed by atoms with Gasteiger partial charge in [0, 0.05) is 5.56 Å². The molecule has 1 aromatic carbocycles. The summed E-state index contributed by atoms with van der Waals surface area (Å²) in [4.78, 5) is 23.0. The molecule has 0 atom stereocenters. The molecule has 2 aromatic heterocycles. The topological polar surface area (TPSA) is 88.1 Å². The van der Waals surface area contributed by atoms with Gasteiger partial charge in [-0.2, -0.15) is 0 Å². The number of pyridine rings is 1. The quantitative estimate of drug-likeness (QED) is 0.771. The van der Waals surface area contributed by atoms with Crippen molar-refractivity contribution in [1.82, 2.24) is 15.0 Å². The number of methoxy groups -OCH3 is 1. The predicted octanol–water partition coefficient (Wildman–Crippen LogP) is 2.64. The fraction of sp³-hybridized carbons (Fsp3) is 0.133. The highest BCUT2D eigenvalue weighted by molar-refractivity contribution is 6.01. The van der Waals surface area contributed by atoms with Crippen LogP contribution in [0.25, 0.3) is 22.4 Å². The van der Waals surface area contributed by atoms with E-state index < -0.39 is 5.97 Å². The summed E-state index contributed by atoms with van der Waals surface area (Å²) >= 11 is 0. The third kappa shape index (κ3) is 2.20. The van der Waals surface area contributed by atoms with Crippen LogP contribution in [0.1, 0.15) is 16.2 Å². The Morgan fingerprint density at radius 3 is 2.76 bits per heavy atom. The number of aromatic amines is 1. The maximum absolute atomic E-state index is 11.5. The van der Waals surface area contributed by atoms with E-state index in [0.717, 1.165) is 5.56 Å². The van der Waals surface area contributed by atoms with Gasteiger partial charge in [0.05, 0.1) is 23.9 Å². The molecule has 0 aliphatic carbocycles. The molecule has 0 aliphatic rings. The van der Waals surface area contributed by atoms with E-state index in [1.807, 2.05) is 18.2 Å². The van der Waals surface area contributed by atoms with Gasteiger partial charge in [0.2, 0.25) is 0 Å². The lowest BCUT2D eigenvalue weighted by atomic mass is 10.1. The van der Waals surface area contributed by atoms with Crippen molar-refractivity contribution in [3.05, 3.63) is 41.7 Å². The summed E-state index contributed by atoms with van der Waals surface area (Å²) < 4.78 is 5.30. The summed E-state index contributed by atoms with van der Waals surface area (Å²) in [6, 6.07) is 8.85. The second-order valence-electron chi connectivity index (χ2n) is 4.58. The van der Waals surface area contributed by atoms with Crippen molar-refractivity contribution in [2.24, 2.45) is 0 Å². The van der Waals surface area contributed by atoms with E-state index in [0.29, 0.717) is 28.4 Å². The molecular formula is C15H13N3O3. The minimum atomic E-state index is -1.03. The Bertz CT molecular complexity index is 839. The number of rotatable bonds is 3. The average Bonchev–Trinajstić information content (AvgIpc) is 2.85. The molecule has 0 saturated heterocycles. The molecule has 3 aromatic rings. The summed E-state index contributed by atoms with van der Waals surface area (Å²) in [5.41, 5.74) is 2.20. The smallest absolute Gasteiger partial charge is 0.338 e. The highest BCUT2D eigenvalue weighted by atomic mass is 16.5. The zero-order valence-electron chi connectivity index (χ0n) is 11.5. The van der Waals surface area contributed by atoms with Crippen molar-refractivity contribution >= 4 is 17.1 Å². The number of nitrogens with one attached hydrogen (secondary N) is 1. The Labute approximate surface area is 120 Å². The van der Waals surface area contributed by atoms with Gasteiger partial charge in [0.15, 0.2) is 5.65 Å². The van der Waals surface area contributed by atoms with Crippen LogP contribution in [0.15, 0.2) is 30.3 Å². The number of nitrogens with zero attached hydrogens (tertiary/aromatic N) is 2. The van der Waals surface area contributed by atoms with E-state index in [2.05, 4.69) is 15.0 Å². The first kappa shape index (κ1) is 13.1. The minimum Gasteiger partial charge on any atom is -0.496 e.